The number of ether oxygens (including phenoxy) is 2. The van der Waals surface area contributed by atoms with E-state index < -0.39 is 11.4 Å². The number of Topliss-reactive ketones (excluding diaryl/α,β-unsaturated/α-hetero) is 1. The SMILES string of the molecule is COC(=O)CCCC1(C(=O)OC)CCCC1=O. The van der Waals surface area contributed by atoms with Crippen LogP contribution in [-0.4, -0.2) is 31.9 Å². The third kappa shape index (κ3) is 2.84. The largest absolute Gasteiger partial charge is 0.469 e. The molecular formula is C12H18O5. The summed E-state index contributed by atoms with van der Waals surface area (Å²) in [4.78, 5) is 34.5. The minimum atomic E-state index is -1.01. The van der Waals surface area contributed by atoms with E-state index >= 15 is 0 Å². The molecular weight excluding hydrogens is 224 g/mol. The minimum Gasteiger partial charge on any atom is -0.469 e. The summed E-state index contributed by atoms with van der Waals surface area (Å²) in [6, 6.07) is 0. The van der Waals surface area contributed by atoms with Gasteiger partial charge in [0.25, 0.3) is 0 Å². The molecule has 0 amide bonds. The zero-order valence-electron chi connectivity index (χ0n) is 10.3. The van der Waals surface area contributed by atoms with Crippen LogP contribution in [0.2, 0.25) is 0 Å². The lowest BCUT2D eigenvalue weighted by molar-refractivity contribution is -0.157. The molecule has 1 rings (SSSR count). The fourth-order valence-electron chi connectivity index (χ4n) is 2.34. The second-order valence-corrected chi connectivity index (χ2v) is 4.28. The predicted octanol–water partition coefficient (Wildman–Crippen LogP) is 1.24. The molecule has 0 aliphatic heterocycles. The van der Waals surface area contributed by atoms with E-state index in [4.69, 9.17) is 4.74 Å². The average Bonchev–Trinajstić information content (AvgIpc) is 2.70. The van der Waals surface area contributed by atoms with E-state index in [0.717, 1.165) is 0 Å². The highest BCUT2D eigenvalue weighted by Gasteiger charge is 2.48. The summed E-state index contributed by atoms with van der Waals surface area (Å²) in [6.45, 7) is 0. The molecule has 1 atom stereocenters. The molecule has 1 saturated carbocycles. The van der Waals surface area contributed by atoms with Crippen molar-refractivity contribution < 1.29 is 23.9 Å². The Balaban J connectivity index is 2.63. The van der Waals surface area contributed by atoms with Crippen molar-refractivity contribution in [2.75, 3.05) is 14.2 Å². The molecule has 1 aliphatic carbocycles. The van der Waals surface area contributed by atoms with Gasteiger partial charge in [-0.3, -0.25) is 14.4 Å². The summed E-state index contributed by atoms with van der Waals surface area (Å²) in [7, 11) is 2.61. The van der Waals surface area contributed by atoms with E-state index in [-0.39, 0.29) is 18.2 Å². The van der Waals surface area contributed by atoms with Gasteiger partial charge in [0.05, 0.1) is 14.2 Å². The molecule has 0 bridgehead atoms. The van der Waals surface area contributed by atoms with Gasteiger partial charge in [-0.15, -0.1) is 0 Å². The van der Waals surface area contributed by atoms with Crippen molar-refractivity contribution in [2.24, 2.45) is 5.41 Å². The maximum atomic E-state index is 11.8. The van der Waals surface area contributed by atoms with Crippen LogP contribution in [0.15, 0.2) is 0 Å². The summed E-state index contributed by atoms with van der Waals surface area (Å²) < 4.78 is 9.24. The van der Waals surface area contributed by atoms with Crippen molar-refractivity contribution in [1.82, 2.24) is 0 Å². The van der Waals surface area contributed by atoms with Gasteiger partial charge >= 0.3 is 11.9 Å². The highest BCUT2D eigenvalue weighted by atomic mass is 16.5. The standard InChI is InChI=1S/C12H18O5/c1-16-10(14)6-4-8-12(11(15)17-2)7-3-5-9(12)13/h3-8H2,1-2H3. The van der Waals surface area contributed by atoms with Crippen LogP contribution >= 0.6 is 0 Å². The Morgan fingerprint density at radius 1 is 1.29 bits per heavy atom. The molecule has 1 fully saturated rings. The maximum Gasteiger partial charge on any atom is 0.319 e. The van der Waals surface area contributed by atoms with Gasteiger partial charge in [0.2, 0.25) is 0 Å². The van der Waals surface area contributed by atoms with Crippen molar-refractivity contribution in [3.63, 3.8) is 0 Å². The third-order valence-corrected chi connectivity index (χ3v) is 3.33. The van der Waals surface area contributed by atoms with Crippen LogP contribution in [0.4, 0.5) is 0 Å². The summed E-state index contributed by atoms with van der Waals surface area (Å²) >= 11 is 0. The summed E-state index contributed by atoms with van der Waals surface area (Å²) in [5.74, 6) is -0.852. The van der Waals surface area contributed by atoms with Crippen LogP contribution in [0.25, 0.3) is 0 Å². The molecule has 96 valence electrons. The molecule has 0 radical (unpaired) electrons. The first kappa shape index (κ1) is 13.7. The van der Waals surface area contributed by atoms with Crippen LogP contribution in [0, 0.1) is 5.41 Å². The van der Waals surface area contributed by atoms with Crippen LogP contribution in [0.1, 0.15) is 38.5 Å². The maximum absolute atomic E-state index is 11.8. The van der Waals surface area contributed by atoms with Crippen LogP contribution < -0.4 is 0 Å². The Hall–Kier alpha value is -1.39. The summed E-state index contributed by atoms with van der Waals surface area (Å²) in [5, 5.41) is 0. The molecule has 1 unspecified atom stereocenters. The topological polar surface area (TPSA) is 69.7 Å². The lowest BCUT2D eigenvalue weighted by Crippen LogP contribution is -2.36. The van der Waals surface area contributed by atoms with Crippen molar-refractivity contribution in [2.45, 2.75) is 38.5 Å². The van der Waals surface area contributed by atoms with Crippen molar-refractivity contribution >= 4 is 17.7 Å². The van der Waals surface area contributed by atoms with Gasteiger partial charge in [0.15, 0.2) is 0 Å². The number of carbonyl (C=O) groups is 3. The first-order valence-corrected chi connectivity index (χ1v) is 5.75. The van der Waals surface area contributed by atoms with E-state index in [2.05, 4.69) is 4.74 Å². The Labute approximate surface area is 100 Å². The molecule has 0 N–H and O–H groups in total. The summed E-state index contributed by atoms with van der Waals surface area (Å²) in [5.41, 5.74) is -1.01. The van der Waals surface area contributed by atoms with Crippen molar-refractivity contribution in [3.8, 4) is 0 Å². The zero-order valence-corrected chi connectivity index (χ0v) is 10.3. The van der Waals surface area contributed by atoms with E-state index in [1.54, 1.807) is 0 Å². The molecule has 0 aromatic carbocycles. The molecule has 0 saturated heterocycles. The minimum absolute atomic E-state index is 0.0609. The average molecular weight is 242 g/mol. The molecule has 5 heteroatoms. The first-order valence-electron chi connectivity index (χ1n) is 5.75. The van der Waals surface area contributed by atoms with E-state index in [1.165, 1.54) is 14.2 Å². The lowest BCUT2D eigenvalue weighted by atomic mass is 9.80. The van der Waals surface area contributed by atoms with Crippen LogP contribution in [0.5, 0.6) is 0 Å². The Morgan fingerprint density at radius 3 is 2.47 bits per heavy atom. The van der Waals surface area contributed by atoms with Gasteiger partial charge in [0, 0.05) is 12.8 Å². The normalized spacial score (nSPS) is 23.5. The second kappa shape index (κ2) is 5.80. The Kier molecular flexibility index (Phi) is 4.66. The van der Waals surface area contributed by atoms with E-state index in [9.17, 15) is 14.4 Å². The third-order valence-electron chi connectivity index (χ3n) is 3.33. The number of carbonyl (C=O) groups excluding carboxylic acids is 3. The number of rotatable bonds is 5. The number of methoxy groups -OCH3 is 2. The zero-order chi connectivity index (χ0) is 12.9. The highest BCUT2D eigenvalue weighted by Crippen LogP contribution is 2.40. The summed E-state index contributed by atoms with van der Waals surface area (Å²) in [6.07, 6.45) is 2.73. The quantitative estimate of drug-likeness (QED) is 0.536. The van der Waals surface area contributed by atoms with E-state index in [0.29, 0.717) is 32.1 Å². The molecule has 5 nitrogen and oxygen atoms in total. The van der Waals surface area contributed by atoms with Crippen molar-refractivity contribution in [1.29, 1.82) is 0 Å². The number of hydrogen-bond acceptors (Lipinski definition) is 5. The first-order chi connectivity index (χ1) is 8.06. The molecule has 1 aliphatic rings. The Morgan fingerprint density at radius 2 is 2.00 bits per heavy atom. The van der Waals surface area contributed by atoms with Gasteiger partial charge < -0.3 is 9.47 Å². The molecule has 0 spiro atoms. The van der Waals surface area contributed by atoms with Gasteiger partial charge in [-0.25, -0.2) is 0 Å². The smallest absolute Gasteiger partial charge is 0.319 e. The number of esters is 2. The van der Waals surface area contributed by atoms with Crippen molar-refractivity contribution in [3.05, 3.63) is 0 Å². The molecule has 0 aromatic rings. The fourth-order valence-corrected chi connectivity index (χ4v) is 2.34. The molecule has 0 aromatic heterocycles. The lowest BCUT2D eigenvalue weighted by Gasteiger charge is -2.23. The molecule has 17 heavy (non-hydrogen) atoms. The van der Waals surface area contributed by atoms with Gasteiger partial charge in [-0.2, -0.15) is 0 Å². The monoisotopic (exact) mass is 242 g/mol. The van der Waals surface area contributed by atoms with Gasteiger partial charge in [-0.05, 0) is 25.7 Å². The van der Waals surface area contributed by atoms with Crippen LogP contribution in [0.3, 0.4) is 0 Å². The fraction of sp³-hybridized carbons (Fsp3) is 0.750. The highest BCUT2D eigenvalue weighted by molar-refractivity contribution is 6.05. The Bertz CT molecular complexity index is 323. The van der Waals surface area contributed by atoms with Crippen LogP contribution in [-0.2, 0) is 23.9 Å². The number of ketones is 1. The number of hydrogen-bond donors (Lipinski definition) is 0. The predicted molar refractivity (Wildman–Crippen MR) is 59.2 cm³/mol. The second-order valence-electron chi connectivity index (χ2n) is 4.28. The van der Waals surface area contributed by atoms with Gasteiger partial charge in [0.1, 0.15) is 11.2 Å². The van der Waals surface area contributed by atoms with Gasteiger partial charge in [-0.1, -0.05) is 0 Å². The molecule has 0 heterocycles. The van der Waals surface area contributed by atoms with E-state index in [1.807, 2.05) is 0 Å².